The molecule has 2 nitrogen and oxygen atoms in total. The van der Waals surface area contributed by atoms with Crippen LogP contribution in [0.25, 0.3) is 0 Å². The molecule has 0 spiro atoms. The summed E-state index contributed by atoms with van der Waals surface area (Å²) in [6.45, 7) is 0. The molecule has 0 radical (unpaired) electrons. The summed E-state index contributed by atoms with van der Waals surface area (Å²) in [5.74, 6) is 0.239. The first-order valence-electron chi connectivity index (χ1n) is 5.64. The standard InChI is InChI=1S/C13H16O2S/c14-16(15,13-8-2-1-3-9-13)11-10-12-6-4-5-7-12/h1-3,6,8-9H,4-5,7,10-11H2. The second-order valence-electron chi connectivity index (χ2n) is 4.14. The van der Waals surface area contributed by atoms with Gasteiger partial charge in [0.25, 0.3) is 0 Å². The predicted molar refractivity (Wildman–Crippen MR) is 65.0 cm³/mol. The lowest BCUT2D eigenvalue weighted by Gasteiger charge is -2.04. The average molecular weight is 236 g/mol. The van der Waals surface area contributed by atoms with Gasteiger partial charge >= 0.3 is 0 Å². The molecule has 0 heterocycles. The van der Waals surface area contributed by atoms with Gasteiger partial charge in [0.2, 0.25) is 0 Å². The van der Waals surface area contributed by atoms with Crippen LogP contribution in [0.3, 0.4) is 0 Å². The van der Waals surface area contributed by atoms with E-state index in [-0.39, 0.29) is 5.75 Å². The lowest BCUT2D eigenvalue weighted by atomic mass is 10.2. The van der Waals surface area contributed by atoms with Crippen molar-refractivity contribution in [3.8, 4) is 0 Å². The molecule has 0 atom stereocenters. The zero-order chi connectivity index (χ0) is 11.4. The van der Waals surface area contributed by atoms with Crippen LogP contribution in [0.4, 0.5) is 0 Å². The molecule has 0 saturated heterocycles. The molecular weight excluding hydrogens is 220 g/mol. The largest absolute Gasteiger partial charge is 0.224 e. The highest BCUT2D eigenvalue weighted by molar-refractivity contribution is 7.91. The first-order chi connectivity index (χ1) is 7.68. The van der Waals surface area contributed by atoms with Crippen LogP contribution in [0.1, 0.15) is 25.7 Å². The van der Waals surface area contributed by atoms with Crippen LogP contribution in [0.2, 0.25) is 0 Å². The van der Waals surface area contributed by atoms with Gasteiger partial charge in [-0.25, -0.2) is 8.42 Å². The summed E-state index contributed by atoms with van der Waals surface area (Å²) in [4.78, 5) is 0.439. The van der Waals surface area contributed by atoms with Crippen molar-refractivity contribution in [2.45, 2.75) is 30.6 Å². The molecule has 0 bridgehead atoms. The van der Waals surface area contributed by atoms with Gasteiger partial charge in [0.15, 0.2) is 9.84 Å². The van der Waals surface area contributed by atoms with Gasteiger partial charge in [0.1, 0.15) is 0 Å². The van der Waals surface area contributed by atoms with Gasteiger partial charge in [-0.2, -0.15) is 0 Å². The molecule has 0 unspecified atom stereocenters. The molecule has 0 aromatic heterocycles. The summed E-state index contributed by atoms with van der Waals surface area (Å²) < 4.78 is 23.9. The maximum atomic E-state index is 12.0. The third-order valence-electron chi connectivity index (χ3n) is 2.93. The fourth-order valence-corrected chi connectivity index (χ4v) is 3.31. The molecule has 1 aromatic carbocycles. The van der Waals surface area contributed by atoms with Crippen molar-refractivity contribution in [1.82, 2.24) is 0 Å². The van der Waals surface area contributed by atoms with E-state index < -0.39 is 9.84 Å². The van der Waals surface area contributed by atoms with Gasteiger partial charge in [0, 0.05) is 0 Å². The SMILES string of the molecule is O=S(=O)(CCC1=CCCC1)c1ccccc1. The van der Waals surface area contributed by atoms with E-state index in [9.17, 15) is 8.42 Å². The molecule has 0 fully saturated rings. The van der Waals surface area contributed by atoms with Crippen molar-refractivity contribution in [1.29, 1.82) is 0 Å². The quantitative estimate of drug-likeness (QED) is 0.753. The summed E-state index contributed by atoms with van der Waals surface area (Å²) in [5.41, 5.74) is 1.31. The summed E-state index contributed by atoms with van der Waals surface area (Å²) in [6.07, 6.45) is 6.24. The molecule has 1 aromatic rings. The van der Waals surface area contributed by atoms with E-state index in [0.717, 1.165) is 12.8 Å². The van der Waals surface area contributed by atoms with Gasteiger partial charge in [-0.05, 0) is 37.8 Å². The minimum atomic E-state index is -3.09. The summed E-state index contributed by atoms with van der Waals surface area (Å²) in [5, 5.41) is 0. The number of rotatable bonds is 4. The van der Waals surface area contributed by atoms with E-state index in [4.69, 9.17) is 0 Å². The Balaban J connectivity index is 2.03. The molecule has 0 amide bonds. The molecule has 1 aliphatic rings. The van der Waals surface area contributed by atoms with Crippen LogP contribution in [0.15, 0.2) is 46.9 Å². The van der Waals surface area contributed by atoms with Crippen molar-refractivity contribution in [2.24, 2.45) is 0 Å². The molecule has 86 valence electrons. The Morgan fingerprint density at radius 3 is 2.50 bits per heavy atom. The van der Waals surface area contributed by atoms with Crippen LogP contribution in [-0.4, -0.2) is 14.2 Å². The fraction of sp³-hybridized carbons (Fsp3) is 0.385. The number of hydrogen-bond acceptors (Lipinski definition) is 2. The zero-order valence-corrected chi connectivity index (χ0v) is 10.0. The molecule has 1 aliphatic carbocycles. The Bertz CT molecular complexity index is 472. The predicted octanol–water partition coefficient (Wildman–Crippen LogP) is 2.96. The van der Waals surface area contributed by atoms with Crippen LogP contribution in [0, 0.1) is 0 Å². The molecule has 0 saturated carbocycles. The van der Waals surface area contributed by atoms with Crippen LogP contribution in [0.5, 0.6) is 0 Å². The van der Waals surface area contributed by atoms with E-state index in [1.807, 2.05) is 6.07 Å². The molecule has 3 heteroatoms. The second kappa shape index (κ2) is 4.83. The summed E-state index contributed by atoms with van der Waals surface area (Å²) in [7, 11) is -3.09. The Morgan fingerprint density at radius 1 is 1.12 bits per heavy atom. The van der Waals surface area contributed by atoms with Crippen molar-refractivity contribution in [3.63, 3.8) is 0 Å². The lowest BCUT2D eigenvalue weighted by molar-refractivity contribution is 0.595. The first kappa shape index (κ1) is 11.4. The van der Waals surface area contributed by atoms with Gasteiger partial charge in [-0.1, -0.05) is 29.8 Å². The Kier molecular flexibility index (Phi) is 3.44. The highest BCUT2D eigenvalue weighted by Crippen LogP contribution is 2.22. The first-order valence-corrected chi connectivity index (χ1v) is 7.29. The van der Waals surface area contributed by atoms with E-state index in [1.54, 1.807) is 24.3 Å². The van der Waals surface area contributed by atoms with Gasteiger partial charge in [-0.15, -0.1) is 0 Å². The van der Waals surface area contributed by atoms with Crippen LogP contribution >= 0.6 is 0 Å². The van der Waals surface area contributed by atoms with Crippen molar-refractivity contribution in [2.75, 3.05) is 5.75 Å². The van der Waals surface area contributed by atoms with Crippen molar-refractivity contribution in [3.05, 3.63) is 42.0 Å². The minimum Gasteiger partial charge on any atom is -0.224 e. The maximum absolute atomic E-state index is 12.0. The second-order valence-corrected chi connectivity index (χ2v) is 6.25. The summed E-state index contributed by atoms with van der Waals surface area (Å²) in [6, 6.07) is 8.69. The van der Waals surface area contributed by atoms with E-state index in [2.05, 4.69) is 6.08 Å². The van der Waals surface area contributed by atoms with E-state index in [1.165, 1.54) is 12.0 Å². The molecule has 2 rings (SSSR count). The third-order valence-corrected chi connectivity index (χ3v) is 4.66. The molecule has 16 heavy (non-hydrogen) atoms. The third kappa shape index (κ3) is 2.73. The molecular formula is C13H16O2S. The number of benzene rings is 1. The normalized spacial score (nSPS) is 16.1. The Hall–Kier alpha value is -1.09. The molecule has 0 N–H and O–H groups in total. The minimum absolute atomic E-state index is 0.239. The smallest absolute Gasteiger partial charge is 0.178 e. The zero-order valence-electron chi connectivity index (χ0n) is 9.22. The number of hydrogen-bond donors (Lipinski definition) is 0. The monoisotopic (exact) mass is 236 g/mol. The highest BCUT2D eigenvalue weighted by atomic mass is 32.2. The van der Waals surface area contributed by atoms with Crippen LogP contribution in [-0.2, 0) is 9.84 Å². The highest BCUT2D eigenvalue weighted by Gasteiger charge is 2.15. The average Bonchev–Trinajstić information content (AvgIpc) is 2.81. The van der Waals surface area contributed by atoms with Gasteiger partial charge < -0.3 is 0 Å². The fourth-order valence-electron chi connectivity index (χ4n) is 1.98. The van der Waals surface area contributed by atoms with E-state index >= 15 is 0 Å². The topological polar surface area (TPSA) is 34.1 Å². The Labute approximate surface area is 96.9 Å². The maximum Gasteiger partial charge on any atom is 0.178 e. The van der Waals surface area contributed by atoms with Gasteiger partial charge in [-0.3, -0.25) is 0 Å². The number of allylic oxidation sites excluding steroid dienone is 2. The number of sulfone groups is 1. The van der Waals surface area contributed by atoms with Crippen molar-refractivity contribution >= 4 is 9.84 Å². The summed E-state index contributed by atoms with van der Waals surface area (Å²) >= 11 is 0. The van der Waals surface area contributed by atoms with Crippen LogP contribution < -0.4 is 0 Å². The molecule has 0 aliphatic heterocycles. The van der Waals surface area contributed by atoms with Gasteiger partial charge in [0.05, 0.1) is 10.6 Å². The van der Waals surface area contributed by atoms with E-state index in [0.29, 0.717) is 11.3 Å². The lowest BCUT2D eigenvalue weighted by Crippen LogP contribution is -2.07. The Morgan fingerprint density at radius 2 is 1.88 bits per heavy atom. The van der Waals surface area contributed by atoms with Crippen molar-refractivity contribution < 1.29 is 8.42 Å².